The predicted octanol–water partition coefficient (Wildman–Crippen LogP) is 5.34. The van der Waals surface area contributed by atoms with Gasteiger partial charge in [-0.2, -0.15) is 0 Å². The van der Waals surface area contributed by atoms with Gasteiger partial charge in [-0.3, -0.25) is 0 Å². The maximum atomic E-state index is 6.39. The van der Waals surface area contributed by atoms with E-state index >= 15 is 0 Å². The molecule has 1 unspecified atom stereocenters. The average molecular weight is 316 g/mol. The fourth-order valence-corrected chi connectivity index (χ4v) is 3.26. The number of halogens is 2. The molecule has 3 heteroatoms. The maximum Gasteiger partial charge on any atom is 0.0701 e. The number of hydrogen-bond donors (Lipinski definition) is 0. The zero-order chi connectivity index (χ0) is 11.5. The Morgan fingerprint density at radius 2 is 2.19 bits per heavy atom. The molecule has 2 aromatic rings. The third-order valence-electron chi connectivity index (χ3n) is 2.45. The molecule has 1 aromatic heterocycles. The molecule has 1 heterocycles. The molecule has 1 atom stereocenters. The van der Waals surface area contributed by atoms with Gasteiger partial charge in [-0.15, -0.1) is 22.9 Å². The minimum Gasteiger partial charge on any atom is -0.136 e. The highest BCUT2D eigenvalue weighted by Crippen LogP contribution is 2.31. The lowest BCUT2D eigenvalue weighted by Gasteiger charge is -2.08. The van der Waals surface area contributed by atoms with Crippen LogP contribution in [0.5, 0.6) is 0 Å². The Morgan fingerprint density at radius 1 is 1.38 bits per heavy atom. The highest BCUT2D eigenvalue weighted by molar-refractivity contribution is 9.11. The zero-order valence-corrected chi connectivity index (χ0v) is 12.1. The summed E-state index contributed by atoms with van der Waals surface area (Å²) in [6.45, 7) is 2.11. The molecular weight excluding hydrogens is 304 g/mol. The Morgan fingerprint density at radius 3 is 2.81 bits per heavy atom. The van der Waals surface area contributed by atoms with Crippen LogP contribution in [0.4, 0.5) is 0 Å². The van der Waals surface area contributed by atoms with Crippen molar-refractivity contribution >= 4 is 38.9 Å². The van der Waals surface area contributed by atoms with Crippen molar-refractivity contribution < 1.29 is 0 Å². The van der Waals surface area contributed by atoms with Crippen LogP contribution in [0.25, 0.3) is 0 Å². The summed E-state index contributed by atoms with van der Waals surface area (Å²) in [6.07, 6.45) is 0.881. The molecule has 0 aliphatic carbocycles. The Labute approximate surface area is 113 Å². The van der Waals surface area contributed by atoms with E-state index in [-0.39, 0.29) is 5.38 Å². The molecule has 0 spiro atoms. The number of alkyl halides is 1. The molecule has 0 radical (unpaired) electrons. The quantitative estimate of drug-likeness (QED) is 0.670. The van der Waals surface area contributed by atoms with Crippen LogP contribution in [-0.2, 0) is 6.42 Å². The molecular formula is C13H12BrClS. The van der Waals surface area contributed by atoms with Crippen LogP contribution < -0.4 is 0 Å². The molecule has 0 bridgehead atoms. The lowest BCUT2D eigenvalue weighted by atomic mass is 10.0. The van der Waals surface area contributed by atoms with Gasteiger partial charge >= 0.3 is 0 Å². The highest BCUT2D eigenvalue weighted by Gasteiger charge is 2.10. The van der Waals surface area contributed by atoms with Crippen molar-refractivity contribution in [2.24, 2.45) is 0 Å². The standard InChI is InChI=1S/C13H12BrClS/c1-9-3-2-4-10(5-9)6-12(15)11-7-13(14)16-8-11/h2-5,7-8,12H,6H2,1H3. The second-order valence-corrected chi connectivity index (χ2v) is 6.66. The SMILES string of the molecule is Cc1cccc(CC(Cl)c2csc(Br)c2)c1. The third-order valence-corrected chi connectivity index (χ3v) is 4.38. The van der Waals surface area contributed by atoms with Crippen LogP contribution in [0.2, 0.25) is 0 Å². The Hall–Kier alpha value is -0.310. The van der Waals surface area contributed by atoms with E-state index < -0.39 is 0 Å². The first kappa shape index (κ1) is 12.2. The highest BCUT2D eigenvalue weighted by atomic mass is 79.9. The third kappa shape index (κ3) is 3.09. The monoisotopic (exact) mass is 314 g/mol. The van der Waals surface area contributed by atoms with Gasteiger partial charge in [0.25, 0.3) is 0 Å². The second kappa shape index (κ2) is 5.35. The molecule has 0 aliphatic heterocycles. The van der Waals surface area contributed by atoms with E-state index in [9.17, 15) is 0 Å². The van der Waals surface area contributed by atoms with Gasteiger partial charge in [0.05, 0.1) is 9.16 Å². The summed E-state index contributed by atoms with van der Waals surface area (Å²) >= 11 is 11.5. The fraction of sp³-hybridized carbons (Fsp3) is 0.231. The van der Waals surface area contributed by atoms with Gasteiger partial charge in [-0.25, -0.2) is 0 Å². The van der Waals surface area contributed by atoms with E-state index in [0.717, 1.165) is 10.2 Å². The molecule has 0 N–H and O–H groups in total. The average Bonchev–Trinajstić information content (AvgIpc) is 2.65. The van der Waals surface area contributed by atoms with Crippen molar-refractivity contribution in [2.75, 3.05) is 0 Å². The first-order chi connectivity index (χ1) is 7.65. The summed E-state index contributed by atoms with van der Waals surface area (Å²) in [6, 6.07) is 10.6. The summed E-state index contributed by atoms with van der Waals surface area (Å²) in [5.74, 6) is 0. The molecule has 0 nitrogen and oxygen atoms in total. The minimum absolute atomic E-state index is 0.0596. The molecule has 0 saturated carbocycles. The van der Waals surface area contributed by atoms with Crippen molar-refractivity contribution in [1.82, 2.24) is 0 Å². The number of aryl methyl sites for hydroxylation is 1. The minimum atomic E-state index is 0.0596. The van der Waals surface area contributed by atoms with E-state index in [0.29, 0.717) is 0 Å². The van der Waals surface area contributed by atoms with Crippen LogP contribution in [0.15, 0.2) is 39.5 Å². The maximum absolute atomic E-state index is 6.39. The van der Waals surface area contributed by atoms with Crippen LogP contribution in [0.3, 0.4) is 0 Å². The lowest BCUT2D eigenvalue weighted by molar-refractivity contribution is 0.923. The van der Waals surface area contributed by atoms with Crippen LogP contribution in [0, 0.1) is 6.92 Å². The lowest BCUT2D eigenvalue weighted by Crippen LogP contribution is -1.94. The molecule has 0 amide bonds. The van der Waals surface area contributed by atoms with Gasteiger partial charge in [-0.05, 0) is 51.8 Å². The second-order valence-electron chi connectivity index (χ2n) is 3.84. The summed E-state index contributed by atoms with van der Waals surface area (Å²) in [7, 11) is 0. The molecule has 1 aromatic carbocycles. The first-order valence-electron chi connectivity index (χ1n) is 5.08. The van der Waals surface area contributed by atoms with E-state index in [2.05, 4.69) is 58.6 Å². The van der Waals surface area contributed by atoms with Gasteiger partial charge in [0.2, 0.25) is 0 Å². The van der Waals surface area contributed by atoms with Crippen molar-refractivity contribution in [3.8, 4) is 0 Å². The number of rotatable bonds is 3. The predicted molar refractivity (Wildman–Crippen MR) is 75.5 cm³/mol. The van der Waals surface area contributed by atoms with Crippen LogP contribution >= 0.6 is 38.9 Å². The summed E-state index contributed by atoms with van der Waals surface area (Å²) in [4.78, 5) is 0. The summed E-state index contributed by atoms with van der Waals surface area (Å²) in [5, 5.41) is 2.17. The summed E-state index contributed by atoms with van der Waals surface area (Å²) < 4.78 is 1.14. The largest absolute Gasteiger partial charge is 0.136 e. The molecule has 16 heavy (non-hydrogen) atoms. The molecule has 0 aliphatic rings. The van der Waals surface area contributed by atoms with Crippen molar-refractivity contribution in [3.63, 3.8) is 0 Å². The number of thiophene rings is 1. The van der Waals surface area contributed by atoms with Crippen molar-refractivity contribution in [1.29, 1.82) is 0 Å². The van der Waals surface area contributed by atoms with Crippen LogP contribution in [0.1, 0.15) is 22.1 Å². The Bertz CT molecular complexity index is 478. The number of benzene rings is 1. The zero-order valence-electron chi connectivity index (χ0n) is 8.91. The van der Waals surface area contributed by atoms with E-state index in [4.69, 9.17) is 11.6 Å². The van der Waals surface area contributed by atoms with Gasteiger partial charge in [0.1, 0.15) is 0 Å². The van der Waals surface area contributed by atoms with E-state index in [1.165, 1.54) is 16.7 Å². The topological polar surface area (TPSA) is 0 Å². The smallest absolute Gasteiger partial charge is 0.0701 e. The van der Waals surface area contributed by atoms with Gasteiger partial charge < -0.3 is 0 Å². The Balaban J connectivity index is 2.10. The molecule has 84 valence electrons. The van der Waals surface area contributed by atoms with Crippen molar-refractivity contribution in [2.45, 2.75) is 18.7 Å². The normalized spacial score (nSPS) is 12.7. The number of hydrogen-bond acceptors (Lipinski definition) is 1. The molecule has 0 fully saturated rings. The Kier molecular flexibility index (Phi) is 4.06. The first-order valence-corrected chi connectivity index (χ1v) is 7.19. The summed E-state index contributed by atoms with van der Waals surface area (Å²) in [5.41, 5.74) is 3.77. The fourth-order valence-electron chi connectivity index (χ4n) is 1.65. The van der Waals surface area contributed by atoms with Crippen LogP contribution in [-0.4, -0.2) is 0 Å². The van der Waals surface area contributed by atoms with Gasteiger partial charge in [-0.1, -0.05) is 29.8 Å². The van der Waals surface area contributed by atoms with E-state index in [1.807, 2.05) is 0 Å². The van der Waals surface area contributed by atoms with Crippen molar-refractivity contribution in [3.05, 3.63) is 56.2 Å². The van der Waals surface area contributed by atoms with E-state index in [1.54, 1.807) is 11.3 Å². The molecule has 2 rings (SSSR count). The molecule has 0 saturated heterocycles. The van der Waals surface area contributed by atoms with Gasteiger partial charge in [0.15, 0.2) is 0 Å². The van der Waals surface area contributed by atoms with Gasteiger partial charge in [0, 0.05) is 0 Å².